The van der Waals surface area contributed by atoms with E-state index in [-0.39, 0.29) is 0 Å². The van der Waals surface area contributed by atoms with Crippen LogP contribution in [0.1, 0.15) is 11.1 Å². The fourth-order valence-corrected chi connectivity index (χ4v) is 2.58. The van der Waals surface area contributed by atoms with Crippen molar-refractivity contribution in [2.45, 2.75) is 18.9 Å². The average molecular weight is 248 g/mol. The fraction of sp³-hybridized carbons (Fsp3) is 0.308. The molecule has 1 aromatic carbocycles. The maximum absolute atomic E-state index is 6.00. The summed E-state index contributed by atoms with van der Waals surface area (Å²) in [5.74, 6) is 0.941. The number of anilines is 1. The molecule has 1 aliphatic rings. The predicted molar refractivity (Wildman–Crippen MR) is 69.5 cm³/mol. The zero-order chi connectivity index (χ0) is 11.8. The topological polar surface area (TPSA) is 29.9 Å². The van der Waals surface area contributed by atoms with Crippen molar-refractivity contribution in [2.75, 3.05) is 5.32 Å². The van der Waals surface area contributed by atoms with E-state index in [2.05, 4.69) is 22.5 Å². The quantitative estimate of drug-likeness (QED) is 0.884. The lowest BCUT2D eigenvalue weighted by molar-refractivity contribution is 0.738. The van der Waals surface area contributed by atoms with Crippen LogP contribution < -0.4 is 5.32 Å². The van der Waals surface area contributed by atoms with Gasteiger partial charge in [0.05, 0.1) is 0 Å². The van der Waals surface area contributed by atoms with E-state index in [9.17, 15) is 0 Å². The number of halogens is 1. The van der Waals surface area contributed by atoms with Gasteiger partial charge >= 0.3 is 0 Å². The molecule has 2 aromatic rings. The minimum atomic E-state index is 0.429. The Morgan fingerprint density at radius 3 is 2.88 bits per heavy atom. The van der Waals surface area contributed by atoms with E-state index < -0.39 is 0 Å². The molecule has 3 rings (SSSR count). The van der Waals surface area contributed by atoms with Gasteiger partial charge in [-0.15, -0.1) is 0 Å². The molecule has 1 atom stereocenters. The Bertz CT molecular complexity index is 545. The van der Waals surface area contributed by atoms with Gasteiger partial charge in [0.1, 0.15) is 5.82 Å². The predicted octanol–water partition coefficient (Wildman–Crippen LogP) is 2.65. The largest absolute Gasteiger partial charge is 0.365 e. The number of fused-ring (bicyclic) bond motifs is 1. The SMILES string of the molecule is Cn1ccc(NC2Cc3ccc(Cl)cc3C2)n1. The Morgan fingerprint density at radius 2 is 2.12 bits per heavy atom. The Labute approximate surface area is 105 Å². The van der Waals surface area contributed by atoms with Crippen molar-refractivity contribution in [3.05, 3.63) is 46.6 Å². The number of benzene rings is 1. The fourth-order valence-electron chi connectivity index (χ4n) is 2.39. The molecule has 0 radical (unpaired) electrons. The molecule has 0 bridgehead atoms. The van der Waals surface area contributed by atoms with Gasteiger partial charge in [0.2, 0.25) is 0 Å². The van der Waals surface area contributed by atoms with Crippen LogP contribution in [0.5, 0.6) is 0 Å². The van der Waals surface area contributed by atoms with Gasteiger partial charge < -0.3 is 5.32 Å². The van der Waals surface area contributed by atoms with Gasteiger partial charge in [-0.2, -0.15) is 5.10 Å². The van der Waals surface area contributed by atoms with Gasteiger partial charge in [-0.1, -0.05) is 17.7 Å². The smallest absolute Gasteiger partial charge is 0.148 e. The highest BCUT2D eigenvalue weighted by molar-refractivity contribution is 6.30. The van der Waals surface area contributed by atoms with Crippen molar-refractivity contribution in [1.29, 1.82) is 0 Å². The molecule has 1 aromatic heterocycles. The first kappa shape index (κ1) is 10.7. The lowest BCUT2D eigenvalue weighted by Crippen LogP contribution is -2.19. The summed E-state index contributed by atoms with van der Waals surface area (Å²) in [5.41, 5.74) is 2.74. The summed E-state index contributed by atoms with van der Waals surface area (Å²) in [5, 5.41) is 8.61. The maximum atomic E-state index is 6.00. The molecular formula is C13H14ClN3. The van der Waals surface area contributed by atoms with Gasteiger partial charge in [0.15, 0.2) is 0 Å². The number of aromatic nitrogens is 2. The van der Waals surface area contributed by atoms with E-state index in [4.69, 9.17) is 11.6 Å². The Balaban J connectivity index is 1.74. The number of nitrogens with zero attached hydrogens (tertiary/aromatic N) is 2. The van der Waals surface area contributed by atoms with Crippen LogP contribution in [-0.4, -0.2) is 15.8 Å². The highest BCUT2D eigenvalue weighted by Gasteiger charge is 2.21. The summed E-state index contributed by atoms with van der Waals surface area (Å²) in [6, 6.07) is 8.58. The normalized spacial score (nSPS) is 18.1. The number of rotatable bonds is 2. The van der Waals surface area contributed by atoms with Crippen LogP contribution >= 0.6 is 11.6 Å². The van der Waals surface area contributed by atoms with E-state index in [1.54, 1.807) is 4.68 Å². The van der Waals surface area contributed by atoms with Gasteiger partial charge in [0, 0.05) is 30.4 Å². The zero-order valence-corrected chi connectivity index (χ0v) is 10.4. The third-order valence-electron chi connectivity index (χ3n) is 3.17. The first-order chi connectivity index (χ1) is 8.20. The van der Waals surface area contributed by atoms with Gasteiger partial charge in [-0.3, -0.25) is 4.68 Å². The molecule has 0 saturated carbocycles. The molecule has 0 aliphatic heterocycles. The van der Waals surface area contributed by atoms with E-state index in [1.807, 2.05) is 25.4 Å². The summed E-state index contributed by atoms with van der Waals surface area (Å²) >= 11 is 6.00. The third-order valence-corrected chi connectivity index (χ3v) is 3.40. The number of nitrogens with one attached hydrogen (secondary N) is 1. The zero-order valence-electron chi connectivity index (χ0n) is 9.65. The van der Waals surface area contributed by atoms with Crippen LogP contribution in [0.15, 0.2) is 30.5 Å². The highest BCUT2D eigenvalue weighted by atomic mass is 35.5. The third kappa shape index (κ3) is 2.15. The van der Waals surface area contributed by atoms with Crippen molar-refractivity contribution in [2.24, 2.45) is 7.05 Å². The highest BCUT2D eigenvalue weighted by Crippen LogP contribution is 2.26. The minimum Gasteiger partial charge on any atom is -0.365 e. The molecule has 0 fully saturated rings. The average Bonchev–Trinajstić information content (AvgIpc) is 2.84. The van der Waals surface area contributed by atoms with Crippen molar-refractivity contribution >= 4 is 17.4 Å². The molecule has 1 aliphatic carbocycles. The second-order valence-electron chi connectivity index (χ2n) is 4.54. The van der Waals surface area contributed by atoms with Crippen LogP contribution in [0.25, 0.3) is 0 Å². The Hall–Kier alpha value is -1.48. The minimum absolute atomic E-state index is 0.429. The molecule has 1 unspecified atom stereocenters. The van der Waals surface area contributed by atoms with E-state index in [0.29, 0.717) is 6.04 Å². The van der Waals surface area contributed by atoms with Crippen molar-refractivity contribution in [3.8, 4) is 0 Å². The Morgan fingerprint density at radius 1 is 1.29 bits per heavy atom. The van der Waals surface area contributed by atoms with Crippen LogP contribution in [-0.2, 0) is 19.9 Å². The van der Waals surface area contributed by atoms with E-state index in [0.717, 1.165) is 23.7 Å². The van der Waals surface area contributed by atoms with Crippen molar-refractivity contribution < 1.29 is 0 Å². The summed E-state index contributed by atoms with van der Waals surface area (Å²) in [7, 11) is 1.92. The standard InChI is InChI=1S/C13H14ClN3/c1-17-5-4-13(16-17)15-12-7-9-2-3-11(14)6-10(9)8-12/h2-6,12H,7-8H2,1H3,(H,15,16). The van der Waals surface area contributed by atoms with Crippen molar-refractivity contribution in [3.63, 3.8) is 0 Å². The van der Waals surface area contributed by atoms with Crippen LogP contribution in [0, 0.1) is 0 Å². The maximum Gasteiger partial charge on any atom is 0.148 e. The van der Waals surface area contributed by atoms with E-state index >= 15 is 0 Å². The Kier molecular flexibility index (Phi) is 2.56. The van der Waals surface area contributed by atoms with Gasteiger partial charge in [-0.25, -0.2) is 0 Å². The lowest BCUT2D eigenvalue weighted by Gasteiger charge is -2.10. The molecular weight excluding hydrogens is 234 g/mol. The van der Waals surface area contributed by atoms with Crippen LogP contribution in [0.3, 0.4) is 0 Å². The molecule has 3 nitrogen and oxygen atoms in total. The first-order valence-electron chi connectivity index (χ1n) is 5.74. The van der Waals surface area contributed by atoms with Gasteiger partial charge in [-0.05, 0) is 36.1 Å². The van der Waals surface area contributed by atoms with Crippen LogP contribution in [0.2, 0.25) is 5.02 Å². The summed E-state index contributed by atoms with van der Waals surface area (Å²) < 4.78 is 1.81. The molecule has 0 amide bonds. The summed E-state index contributed by atoms with van der Waals surface area (Å²) in [4.78, 5) is 0. The molecule has 1 N–H and O–H groups in total. The summed E-state index contributed by atoms with van der Waals surface area (Å²) in [6.45, 7) is 0. The summed E-state index contributed by atoms with van der Waals surface area (Å²) in [6.07, 6.45) is 4.01. The molecule has 1 heterocycles. The molecule has 17 heavy (non-hydrogen) atoms. The number of hydrogen-bond donors (Lipinski definition) is 1. The molecule has 4 heteroatoms. The molecule has 88 valence electrons. The first-order valence-corrected chi connectivity index (χ1v) is 6.12. The second-order valence-corrected chi connectivity index (χ2v) is 4.97. The van der Waals surface area contributed by atoms with Gasteiger partial charge in [0.25, 0.3) is 0 Å². The molecule has 0 spiro atoms. The number of aryl methyl sites for hydroxylation is 1. The lowest BCUT2D eigenvalue weighted by atomic mass is 10.1. The van der Waals surface area contributed by atoms with Crippen molar-refractivity contribution in [1.82, 2.24) is 9.78 Å². The monoisotopic (exact) mass is 247 g/mol. The molecule has 0 saturated heterocycles. The number of hydrogen-bond acceptors (Lipinski definition) is 2. The van der Waals surface area contributed by atoms with E-state index in [1.165, 1.54) is 11.1 Å². The van der Waals surface area contributed by atoms with Crippen LogP contribution in [0.4, 0.5) is 5.82 Å². The second kappa shape index (κ2) is 4.08.